The highest BCUT2D eigenvalue weighted by Crippen LogP contribution is 2.32. The number of unbranched alkanes of at least 4 members (excludes halogenated alkanes) is 1. The third-order valence-electron chi connectivity index (χ3n) is 4.58. The fourth-order valence-electron chi connectivity index (χ4n) is 2.77. The maximum Gasteiger partial charge on any atom is 0.306 e. The average Bonchev–Trinajstić information content (AvgIpc) is 2.66. The average molecular weight is 411 g/mol. The minimum absolute atomic E-state index is 0.176. The molecule has 0 N–H and O–H groups in total. The Morgan fingerprint density at radius 3 is 2.85 bits per heavy atom. The van der Waals surface area contributed by atoms with Gasteiger partial charge in [0.25, 0.3) is 5.56 Å². The SMILES string of the molecule is CCCCC(CC)COC(=O)CCSc1ccc2ncn(C)c(=O)c2c1Cl. The highest BCUT2D eigenvalue weighted by Gasteiger charge is 2.13. The highest BCUT2D eigenvalue weighted by molar-refractivity contribution is 7.99. The molecule has 1 heterocycles. The molecule has 0 saturated heterocycles. The maximum absolute atomic E-state index is 12.3. The lowest BCUT2D eigenvalue weighted by molar-refractivity contribution is -0.144. The zero-order chi connectivity index (χ0) is 19.8. The molecule has 7 heteroatoms. The second kappa shape index (κ2) is 10.7. The van der Waals surface area contributed by atoms with Crippen LogP contribution in [0.2, 0.25) is 5.02 Å². The number of carbonyl (C=O) groups is 1. The minimum Gasteiger partial charge on any atom is -0.465 e. The van der Waals surface area contributed by atoms with Gasteiger partial charge >= 0.3 is 5.97 Å². The summed E-state index contributed by atoms with van der Waals surface area (Å²) in [6.07, 6.45) is 6.25. The van der Waals surface area contributed by atoms with E-state index in [2.05, 4.69) is 18.8 Å². The first kappa shape index (κ1) is 21.8. The van der Waals surface area contributed by atoms with Crippen molar-refractivity contribution in [2.45, 2.75) is 50.8 Å². The number of fused-ring (bicyclic) bond motifs is 1. The summed E-state index contributed by atoms with van der Waals surface area (Å²) in [5.41, 5.74) is 0.397. The number of benzene rings is 1. The number of rotatable bonds is 10. The van der Waals surface area contributed by atoms with Crippen molar-refractivity contribution in [3.63, 3.8) is 0 Å². The molecule has 0 aliphatic carbocycles. The van der Waals surface area contributed by atoms with Gasteiger partial charge in [0, 0.05) is 17.7 Å². The predicted octanol–water partition coefficient (Wildman–Crippen LogP) is 4.83. The molecule has 0 fully saturated rings. The molecule has 2 aromatic rings. The van der Waals surface area contributed by atoms with Crippen LogP contribution in [-0.4, -0.2) is 27.9 Å². The van der Waals surface area contributed by atoms with Gasteiger partial charge in [-0.3, -0.25) is 9.59 Å². The van der Waals surface area contributed by atoms with Crippen LogP contribution in [0.3, 0.4) is 0 Å². The van der Waals surface area contributed by atoms with Gasteiger partial charge < -0.3 is 9.30 Å². The summed E-state index contributed by atoms with van der Waals surface area (Å²) in [5, 5.41) is 0.807. The summed E-state index contributed by atoms with van der Waals surface area (Å²) >= 11 is 7.86. The van der Waals surface area contributed by atoms with Crippen LogP contribution < -0.4 is 5.56 Å². The quantitative estimate of drug-likeness (QED) is 0.414. The van der Waals surface area contributed by atoms with Crippen LogP contribution in [-0.2, 0) is 16.6 Å². The normalized spacial score (nSPS) is 12.3. The van der Waals surface area contributed by atoms with E-state index in [0.29, 0.717) is 40.6 Å². The number of hydrogen-bond acceptors (Lipinski definition) is 5. The largest absolute Gasteiger partial charge is 0.465 e. The molecule has 0 aliphatic rings. The van der Waals surface area contributed by atoms with Gasteiger partial charge in [0.1, 0.15) is 0 Å². The summed E-state index contributed by atoms with van der Waals surface area (Å²) in [7, 11) is 1.64. The van der Waals surface area contributed by atoms with E-state index in [1.54, 1.807) is 13.1 Å². The van der Waals surface area contributed by atoms with Crippen LogP contribution in [0, 0.1) is 5.92 Å². The molecule has 1 atom stereocenters. The Balaban J connectivity index is 1.90. The number of ether oxygens (including phenoxy) is 1. The molecule has 5 nitrogen and oxygen atoms in total. The molecule has 148 valence electrons. The Morgan fingerprint density at radius 1 is 1.37 bits per heavy atom. The summed E-state index contributed by atoms with van der Waals surface area (Å²) in [6.45, 7) is 4.79. The fourth-order valence-corrected chi connectivity index (χ4v) is 4.06. The Hall–Kier alpha value is -1.53. The second-order valence-corrected chi connectivity index (χ2v) is 8.15. The Labute approximate surface area is 169 Å². The number of thioether (sulfide) groups is 1. The third-order valence-corrected chi connectivity index (χ3v) is 6.14. The first-order valence-electron chi connectivity index (χ1n) is 9.40. The molecule has 1 unspecified atom stereocenters. The van der Waals surface area contributed by atoms with Crippen molar-refractivity contribution < 1.29 is 9.53 Å². The molecule has 1 aromatic carbocycles. The van der Waals surface area contributed by atoms with Gasteiger partial charge in [-0.05, 0) is 24.5 Å². The van der Waals surface area contributed by atoms with E-state index < -0.39 is 0 Å². The van der Waals surface area contributed by atoms with Crippen LogP contribution in [0.15, 0.2) is 28.2 Å². The lowest BCUT2D eigenvalue weighted by Gasteiger charge is -2.14. The van der Waals surface area contributed by atoms with Gasteiger partial charge in [0.15, 0.2) is 0 Å². The van der Waals surface area contributed by atoms with Gasteiger partial charge in [0.2, 0.25) is 0 Å². The van der Waals surface area contributed by atoms with Gasteiger partial charge in [-0.15, -0.1) is 11.8 Å². The molecular weight excluding hydrogens is 384 g/mol. The summed E-state index contributed by atoms with van der Waals surface area (Å²) in [4.78, 5) is 29.3. The van der Waals surface area contributed by atoms with Crippen molar-refractivity contribution in [3.05, 3.63) is 33.8 Å². The van der Waals surface area contributed by atoms with E-state index in [-0.39, 0.29) is 11.5 Å². The molecule has 0 saturated carbocycles. The molecule has 0 spiro atoms. The van der Waals surface area contributed by atoms with Crippen LogP contribution in [0.1, 0.15) is 46.0 Å². The number of carbonyl (C=O) groups excluding carboxylic acids is 1. The molecular formula is C20H27ClN2O3S. The van der Waals surface area contributed by atoms with E-state index >= 15 is 0 Å². The van der Waals surface area contributed by atoms with Crippen molar-refractivity contribution in [1.82, 2.24) is 9.55 Å². The predicted molar refractivity (Wildman–Crippen MR) is 112 cm³/mol. The van der Waals surface area contributed by atoms with Crippen LogP contribution in [0.4, 0.5) is 0 Å². The Morgan fingerprint density at radius 2 is 2.15 bits per heavy atom. The molecule has 27 heavy (non-hydrogen) atoms. The topological polar surface area (TPSA) is 61.2 Å². The van der Waals surface area contributed by atoms with Crippen molar-refractivity contribution >= 4 is 40.2 Å². The highest BCUT2D eigenvalue weighted by atomic mass is 35.5. The molecule has 2 rings (SSSR count). The smallest absolute Gasteiger partial charge is 0.306 e. The van der Waals surface area contributed by atoms with E-state index in [1.807, 2.05) is 6.07 Å². The third kappa shape index (κ3) is 5.98. The van der Waals surface area contributed by atoms with Crippen LogP contribution >= 0.6 is 23.4 Å². The zero-order valence-corrected chi connectivity index (χ0v) is 17.7. The van der Waals surface area contributed by atoms with Crippen LogP contribution in [0.25, 0.3) is 10.9 Å². The number of esters is 1. The zero-order valence-electron chi connectivity index (χ0n) is 16.2. The summed E-state index contributed by atoms with van der Waals surface area (Å²) in [5.74, 6) is 0.809. The first-order valence-corrected chi connectivity index (χ1v) is 10.8. The van der Waals surface area contributed by atoms with Crippen molar-refractivity contribution in [2.75, 3.05) is 12.4 Å². The Bertz CT molecular complexity index is 838. The van der Waals surface area contributed by atoms with Crippen molar-refractivity contribution in [1.29, 1.82) is 0 Å². The van der Waals surface area contributed by atoms with Gasteiger partial charge in [-0.25, -0.2) is 4.98 Å². The lowest BCUT2D eigenvalue weighted by atomic mass is 10.0. The molecule has 1 aromatic heterocycles. The van der Waals surface area contributed by atoms with Gasteiger partial charge in [0.05, 0.1) is 35.3 Å². The standard InChI is InChI=1S/C20H27ClN2O3S/c1-4-6-7-14(5-2)12-26-17(24)10-11-27-16-9-8-15-18(19(16)21)20(25)23(3)13-22-15/h8-9,13-14H,4-7,10-12H2,1-3H3. The lowest BCUT2D eigenvalue weighted by Crippen LogP contribution is -2.17. The molecule has 0 aliphatic heterocycles. The number of nitrogens with zero attached hydrogens (tertiary/aromatic N) is 2. The molecule has 0 amide bonds. The van der Waals surface area contributed by atoms with E-state index in [0.717, 1.165) is 24.2 Å². The summed E-state index contributed by atoms with van der Waals surface area (Å²) < 4.78 is 6.82. The van der Waals surface area contributed by atoms with Gasteiger partial charge in [-0.2, -0.15) is 0 Å². The minimum atomic E-state index is -0.188. The van der Waals surface area contributed by atoms with E-state index in [9.17, 15) is 9.59 Å². The van der Waals surface area contributed by atoms with Gasteiger partial charge in [-0.1, -0.05) is 44.7 Å². The monoisotopic (exact) mass is 410 g/mol. The number of halogens is 1. The fraction of sp³-hybridized carbons (Fsp3) is 0.550. The number of aryl methyl sites for hydroxylation is 1. The number of aromatic nitrogens is 2. The second-order valence-electron chi connectivity index (χ2n) is 6.63. The Kier molecular flexibility index (Phi) is 8.64. The summed E-state index contributed by atoms with van der Waals surface area (Å²) in [6, 6.07) is 3.62. The van der Waals surface area contributed by atoms with Crippen LogP contribution in [0.5, 0.6) is 0 Å². The molecule has 0 radical (unpaired) electrons. The van der Waals surface area contributed by atoms with Crippen molar-refractivity contribution in [2.24, 2.45) is 13.0 Å². The first-order chi connectivity index (χ1) is 13.0. The van der Waals surface area contributed by atoms with E-state index in [4.69, 9.17) is 16.3 Å². The van der Waals surface area contributed by atoms with E-state index in [1.165, 1.54) is 29.1 Å². The maximum atomic E-state index is 12.3. The van der Waals surface area contributed by atoms with Crippen molar-refractivity contribution in [3.8, 4) is 0 Å². The molecule has 0 bridgehead atoms. The number of hydrogen-bond donors (Lipinski definition) is 0.